The first-order valence-electron chi connectivity index (χ1n) is 13.6. The van der Waals surface area contributed by atoms with Crippen molar-refractivity contribution in [1.82, 2.24) is 4.90 Å². The third-order valence-electron chi connectivity index (χ3n) is 7.66. The first-order valence-corrected chi connectivity index (χ1v) is 14.0. The van der Waals surface area contributed by atoms with Crippen molar-refractivity contribution in [3.8, 4) is 6.07 Å². The number of piperazine rings is 1. The summed E-state index contributed by atoms with van der Waals surface area (Å²) in [6.45, 7) is 10.6. The molecule has 2 aromatic rings. The van der Waals surface area contributed by atoms with E-state index < -0.39 is 11.7 Å². The number of hydrogen-bond acceptors (Lipinski definition) is 5. The molecule has 4 rings (SSSR count). The Balaban J connectivity index is 1.18. The molecule has 39 heavy (non-hydrogen) atoms. The molecular formula is C30H37F3N4OS. The number of nitriles is 1. The summed E-state index contributed by atoms with van der Waals surface area (Å²) in [5.41, 5.74) is 1.84. The van der Waals surface area contributed by atoms with Crippen molar-refractivity contribution >= 4 is 28.6 Å². The van der Waals surface area contributed by atoms with E-state index in [1.165, 1.54) is 23.4 Å². The molecule has 0 spiro atoms. The van der Waals surface area contributed by atoms with E-state index in [9.17, 15) is 13.2 Å². The number of hydrogen-bond donors (Lipinski definition) is 1. The molecular weight excluding hydrogens is 521 g/mol. The monoisotopic (exact) mass is 558 g/mol. The predicted molar refractivity (Wildman–Crippen MR) is 153 cm³/mol. The molecule has 2 aliphatic rings. The minimum absolute atomic E-state index is 0.0661. The first kappa shape index (κ1) is 29.2. The summed E-state index contributed by atoms with van der Waals surface area (Å²) in [6.07, 6.45) is -1.23. The van der Waals surface area contributed by atoms with Crippen LogP contribution in [0.3, 0.4) is 0 Å². The predicted octanol–water partition coefficient (Wildman–Crippen LogP) is 6.76. The molecule has 1 saturated carbocycles. The Morgan fingerprint density at radius 2 is 1.64 bits per heavy atom. The molecule has 0 aromatic heterocycles. The quantitative estimate of drug-likeness (QED) is 0.395. The van der Waals surface area contributed by atoms with Gasteiger partial charge < -0.3 is 19.9 Å². The van der Waals surface area contributed by atoms with Crippen LogP contribution in [0.2, 0.25) is 0 Å². The minimum atomic E-state index is -4.56. The molecule has 210 valence electrons. The molecule has 9 heteroatoms. The number of thiocarbonyl (C=S) groups is 1. The van der Waals surface area contributed by atoms with Gasteiger partial charge in [0.25, 0.3) is 0 Å². The highest BCUT2D eigenvalue weighted by Crippen LogP contribution is 2.34. The number of rotatable bonds is 6. The van der Waals surface area contributed by atoms with Crippen LogP contribution in [0.5, 0.6) is 0 Å². The molecule has 5 nitrogen and oxygen atoms in total. The summed E-state index contributed by atoms with van der Waals surface area (Å²) in [5, 5.41) is 12.2. The molecule has 0 unspecified atom stereocenters. The molecule has 0 atom stereocenters. The van der Waals surface area contributed by atoms with Crippen LogP contribution in [-0.4, -0.2) is 54.8 Å². The van der Waals surface area contributed by atoms with E-state index >= 15 is 0 Å². The lowest BCUT2D eigenvalue weighted by molar-refractivity contribution is -0.137. The van der Waals surface area contributed by atoms with Crippen molar-refractivity contribution in [3.05, 3.63) is 59.2 Å². The van der Waals surface area contributed by atoms with Crippen molar-refractivity contribution in [2.45, 2.75) is 70.2 Å². The minimum Gasteiger partial charge on any atom is -0.382 e. The van der Waals surface area contributed by atoms with E-state index in [1.807, 2.05) is 0 Å². The lowest BCUT2D eigenvalue weighted by Gasteiger charge is -2.38. The summed E-state index contributed by atoms with van der Waals surface area (Å²) in [5.74, 6) is 0. The highest BCUT2D eigenvalue weighted by atomic mass is 32.1. The standard InChI is InChI=1S/C30H37F3N4OS/c1-29(2,3)22-5-10-25(11-6-22)36-14-16-37(17-15-36)28(39)20-38-26-12-8-23(9-13-26)35-24-7-4-21(19-34)27(18-24)30(31,32)33/h4-7,10-11,18,23,26,35H,8-9,12-17,20H2,1-3H3/t23-,26-. The zero-order valence-corrected chi connectivity index (χ0v) is 23.7. The third-order valence-corrected chi connectivity index (χ3v) is 8.04. The molecule has 0 amide bonds. The van der Waals surface area contributed by atoms with Gasteiger partial charge in [-0.15, -0.1) is 0 Å². The Morgan fingerprint density at radius 3 is 2.21 bits per heavy atom. The van der Waals surface area contributed by atoms with Crippen LogP contribution >= 0.6 is 12.2 Å². The maximum absolute atomic E-state index is 13.3. The van der Waals surface area contributed by atoms with Crippen LogP contribution in [0.4, 0.5) is 24.5 Å². The summed E-state index contributed by atoms with van der Waals surface area (Å²) in [4.78, 5) is 5.45. The molecule has 0 radical (unpaired) electrons. The smallest absolute Gasteiger partial charge is 0.382 e. The number of nitrogens with zero attached hydrogens (tertiary/aromatic N) is 3. The van der Waals surface area contributed by atoms with E-state index in [-0.39, 0.29) is 23.1 Å². The van der Waals surface area contributed by atoms with Crippen LogP contribution < -0.4 is 10.2 Å². The Kier molecular flexibility index (Phi) is 9.07. The van der Waals surface area contributed by atoms with E-state index in [0.717, 1.165) is 62.9 Å². The summed E-state index contributed by atoms with van der Waals surface area (Å²) in [6, 6.07) is 14.3. The topological polar surface area (TPSA) is 51.5 Å². The second-order valence-corrected chi connectivity index (χ2v) is 11.9. The highest BCUT2D eigenvalue weighted by Gasteiger charge is 2.34. The van der Waals surface area contributed by atoms with Gasteiger partial charge >= 0.3 is 6.18 Å². The van der Waals surface area contributed by atoms with E-state index in [1.54, 1.807) is 6.07 Å². The molecule has 1 saturated heterocycles. The van der Waals surface area contributed by atoms with Gasteiger partial charge in [-0.1, -0.05) is 45.1 Å². The van der Waals surface area contributed by atoms with Gasteiger partial charge in [0.1, 0.15) is 4.99 Å². The normalized spacial score (nSPS) is 20.4. The maximum atomic E-state index is 13.3. The average molecular weight is 559 g/mol. The molecule has 0 bridgehead atoms. The number of benzene rings is 2. The van der Waals surface area contributed by atoms with Crippen molar-refractivity contribution < 1.29 is 17.9 Å². The van der Waals surface area contributed by atoms with Gasteiger partial charge in [-0.2, -0.15) is 18.4 Å². The Labute approximate surface area is 234 Å². The number of anilines is 2. The molecule has 1 N–H and O–H groups in total. The third kappa shape index (κ3) is 7.64. The number of ether oxygens (including phenoxy) is 1. The van der Waals surface area contributed by atoms with Crippen molar-refractivity contribution in [1.29, 1.82) is 5.26 Å². The van der Waals surface area contributed by atoms with Crippen molar-refractivity contribution in [2.75, 3.05) is 43.0 Å². The molecule has 1 heterocycles. The number of nitrogens with one attached hydrogen (secondary N) is 1. The zero-order chi connectivity index (χ0) is 28.2. The van der Waals surface area contributed by atoms with E-state index in [0.29, 0.717) is 12.3 Å². The Morgan fingerprint density at radius 1 is 1.00 bits per heavy atom. The molecule has 2 aromatic carbocycles. The van der Waals surface area contributed by atoms with E-state index in [4.69, 9.17) is 22.2 Å². The number of halogens is 3. The Bertz CT molecular complexity index is 1170. The van der Waals surface area contributed by atoms with Crippen LogP contribution in [0.15, 0.2) is 42.5 Å². The van der Waals surface area contributed by atoms with Crippen LogP contribution in [0.25, 0.3) is 0 Å². The second-order valence-electron chi connectivity index (χ2n) is 11.5. The largest absolute Gasteiger partial charge is 0.417 e. The lowest BCUT2D eigenvalue weighted by Crippen LogP contribution is -2.49. The van der Waals surface area contributed by atoms with Gasteiger partial charge in [-0.25, -0.2) is 0 Å². The fourth-order valence-electron chi connectivity index (χ4n) is 5.24. The van der Waals surface area contributed by atoms with Gasteiger partial charge in [0.15, 0.2) is 0 Å². The lowest BCUT2D eigenvalue weighted by atomic mass is 9.87. The second kappa shape index (κ2) is 12.1. The first-order chi connectivity index (χ1) is 18.4. The summed E-state index contributed by atoms with van der Waals surface area (Å²) >= 11 is 5.68. The van der Waals surface area contributed by atoms with Crippen LogP contribution in [0, 0.1) is 11.3 Å². The SMILES string of the molecule is CC(C)(C)c1ccc(N2CCN(C(=S)CO[C@H]3CC[C@H](Nc4ccc(C#N)c(C(F)(F)F)c4)CC3)CC2)cc1. The van der Waals surface area contributed by atoms with Crippen molar-refractivity contribution in [2.24, 2.45) is 0 Å². The fourth-order valence-corrected chi connectivity index (χ4v) is 5.49. The van der Waals surface area contributed by atoms with Crippen molar-refractivity contribution in [3.63, 3.8) is 0 Å². The van der Waals surface area contributed by atoms with Gasteiger partial charge in [-0.3, -0.25) is 0 Å². The Hall–Kier alpha value is -2.83. The summed E-state index contributed by atoms with van der Waals surface area (Å²) in [7, 11) is 0. The van der Waals surface area contributed by atoms with Gasteiger partial charge in [0.05, 0.1) is 29.9 Å². The highest BCUT2D eigenvalue weighted by molar-refractivity contribution is 7.80. The van der Waals surface area contributed by atoms with Gasteiger partial charge in [0.2, 0.25) is 0 Å². The molecule has 1 aliphatic carbocycles. The van der Waals surface area contributed by atoms with Gasteiger partial charge in [0, 0.05) is 43.6 Å². The van der Waals surface area contributed by atoms with Crippen LogP contribution in [0.1, 0.15) is 63.1 Å². The average Bonchev–Trinajstić information content (AvgIpc) is 2.91. The molecule has 2 fully saturated rings. The summed E-state index contributed by atoms with van der Waals surface area (Å²) < 4.78 is 45.9. The fraction of sp³-hybridized carbons (Fsp3) is 0.533. The maximum Gasteiger partial charge on any atom is 0.417 e. The van der Waals surface area contributed by atoms with Crippen LogP contribution in [-0.2, 0) is 16.3 Å². The zero-order valence-electron chi connectivity index (χ0n) is 22.9. The van der Waals surface area contributed by atoms with E-state index in [2.05, 4.69) is 60.2 Å². The molecule has 1 aliphatic heterocycles. The number of alkyl halides is 3. The van der Waals surface area contributed by atoms with Gasteiger partial charge in [-0.05, 0) is 67.0 Å².